The van der Waals surface area contributed by atoms with Crippen LogP contribution in [0.3, 0.4) is 0 Å². The molecule has 0 saturated heterocycles. The normalized spacial score (nSPS) is 12.2. The topological polar surface area (TPSA) is 78.9 Å². The zero-order chi connectivity index (χ0) is 58.5. The molecule has 0 aliphatic heterocycles. The summed E-state index contributed by atoms with van der Waals surface area (Å²) >= 11 is 0. The number of carbonyl (C=O) groups is 3. The van der Waals surface area contributed by atoms with Gasteiger partial charge in [-0.3, -0.25) is 14.4 Å². The molecule has 6 nitrogen and oxygen atoms in total. The molecule has 0 saturated carbocycles. The van der Waals surface area contributed by atoms with Crippen molar-refractivity contribution in [2.45, 2.75) is 412 Å². The van der Waals surface area contributed by atoms with Crippen LogP contribution in [0, 0.1) is 0 Å². The van der Waals surface area contributed by atoms with Crippen LogP contribution in [0.4, 0.5) is 0 Å². The van der Waals surface area contributed by atoms with E-state index in [4.69, 9.17) is 14.2 Å². The van der Waals surface area contributed by atoms with Gasteiger partial charge in [0.15, 0.2) is 6.10 Å². The molecule has 0 aromatic heterocycles. The molecule has 1 atom stereocenters. The number of unbranched alkanes of at least 4 members (excludes halogenated alkanes) is 51. The molecule has 0 heterocycles. The molecule has 0 spiro atoms. The van der Waals surface area contributed by atoms with Crippen LogP contribution in [-0.4, -0.2) is 37.2 Å². The van der Waals surface area contributed by atoms with Gasteiger partial charge in [-0.15, -0.1) is 0 Å². The van der Waals surface area contributed by atoms with Crippen LogP contribution >= 0.6 is 0 Å². The van der Waals surface area contributed by atoms with Crippen molar-refractivity contribution in [1.82, 2.24) is 0 Å². The van der Waals surface area contributed by atoms with E-state index in [2.05, 4.69) is 57.2 Å². The zero-order valence-electron chi connectivity index (χ0n) is 54.8. The first-order valence-electron chi connectivity index (χ1n) is 36.5. The Bertz CT molecular complexity index is 1350. The summed E-state index contributed by atoms with van der Waals surface area (Å²) in [7, 11) is 0. The minimum atomic E-state index is -0.777. The smallest absolute Gasteiger partial charge is 0.306 e. The van der Waals surface area contributed by atoms with Gasteiger partial charge < -0.3 is 14.2 Å². The third-order valence-electron chi connectivity index (χ3n) is 16.6. The summed E-state index contributed by atoms with van der Waals surface area (Å²) in [5.41, 5.74) is 0. The van der Waals surface area contributed by atoms with Gasteiger partial charge in [-0.1, -0.05) is 346 Å². The number of allylic oxidation sites excluding steroid dienone is 6. The van der Waals surface area contributed by atoms with E-state index in [9.17, 15) is 14.4 Å². The summed E-state index contributed by atoms with van der Waals surface area (Å²) in [5, 5.41) is 0. The SMILES string of the molecule is CCCCC/C=C\C/C=C\CCCCCCCCCCCC(=O)OC(COC(=O)CCCCCCC/C=C\CCCCCC)COC(=O)CCCCCCCCCCCCCCCCCCCCCCCCCCCCCCCCC. The van der Waals surface area contributed by atoms with Crippen molar-refractivity contribution in [2.75, 3.05) is 13.2 Å². The van der Waals surface area contributed by atoms with Gasteiger partial charge in [0.1, 0.15) is 13.2 Å². The fourth-order valence-electron chi connectivity index (χ4n) is 11.1. The van der Waals surface area contributed by atoms with E-state index >= 15 is 0 Å². The van der Waals surface area contributed by atoms with E-state index in [-0.39, 0.29) is 31.1 Å². The van der Waals surface area contributed by atoms with Crippen LogP contribution in [0.15, 0.2) is 36.5 Å². The number of rotatable bonds is 68. The average Bonchev–Trinajstić information content (AvgIpc) is 3.46. The highest BCUT2D eigenvalue weighted by Gasteiger charge is 2.19. The Hall–Kier alpha value is -2.37. The molecule has 0 rings (SSSR count). The maximum atomic E-state index is 12.9. The van der Waals surface area contributed by atoms with Gasteiger partial charge in [0.25, 0.3) is 0 Å². The van der Waals surface area contributed by atoms with Crippen molar-refractivity contribution in [3.8, 4) is 0 Å². The molecule has 6 heteroatoms. The van der Waals surface area contributed by atoms with Crippen LogP contribution in [0.2, 0.25) is 0 Å². The fourth-order valence-corrected chi connectivity index (χ4v) is 11.1. The summed E-state index contributed by atoms with van der Waals surface area (Å²) in [6.45, 7) is 6.66. The Labute approximate surface area is 506 Å². The minimum Gasteiger partial charge on any atom is -0.462 e. The predicted octanol–water partition coefficient (Wildman–Crippen LogP) is 25.1. The molecular formula is C75H140O6. The van der Waals surface area contributed by atoms with Crippen molar-refractivity contribution < 1.29 is 28.6 Å². The summed E-state index contributed by atoms with van der Waals surface area (Å²) in [6, 6.07) is 0. The molecule has 0 radical (unpaired) electrons. The number of carbonyl (C=O) groups excluding carboxylic acids is 3. The first-order valence-corrected chi connectivity index (χ1v) is 36.5. The van der Waals surface area contributed by atoms with Gasteiger partial charge in [-0.2, -0.15) is 0 Å². The monoisotopic (exact) mass is 1140 g/mol. The average molecular weight is 1140 g/mol. The van der Waals surface area contributed by atoms with Crippen molar-refractivity contribution >= 4 is 17.9 Å². The number of ether oxygens (including phenoxy) is 3. The molecular weight excluding hydrogens is 997 g/mol. The fraction of sp³-hybridized carbons (Fsp3) is 0.880. The highest BCUT2D eigenvalue weighted by molar-refractivity contribution is 5.71. The zero-order valence-corrected chi connectivity index (χ0v) is 54.8. The molecule has 0 aromatic rings. The Morgan fingerprint density at radius 1 is 0.247 bits per heavy atom. The number of hydrogen-bond donors (Lipinski definition) is 0. The van der Waals surface area contributed by atoms with E-state index < -0.39 is 6.10 Å². The van der Waals surface area contributed by atoms with E-state index in [0.29, 0.717) is 19.3 Å². The third-order valence-corrected chi connectivity index (χ3v) is 16.6. The highest BCUT2D eigenvalue weighted by atomic mass is 16.6. The summed E-state index contributed by atoms with van der Waals surface area (Å²) in [5.74, 6) is -0.858. The van der Waals surface area contributed by atoms with Gasteiger partial charge in [-0.05, 0) is 77.0 Å². The molecule has 0 fully saturated rings. The lowest BCUT2D eigenvalue weighted by Gasteiger charge is -2.18. The van der Waals surface area contributed by atoms with Crippen LogP contribution < -0.4 is 0 Å². The standard InChI is InChI=1S/C75H140O6/c1-4-7-10-13-16-19-22-25-27-29-31-32-33-34-35-36-37-38-39-40-41-42-44-45-47-50-53-56-59-62-65-68-74(77)80-71-72(70-79-73(76)67-64-61-58-55-52-49-24-21-18-15-12-9-6-3)81-75(78)69-66-63-60-57-54-51-48-46-43-30-28-26-23-20-17-14-11-8-5-2/h17,20-21,24,26,28,72H,4-16,18-19,22-23,25,27,29-71H2,1-3H3/b20-17-,24-21-,28-26-. The van der Waals surface area contributed by atoms with Crippen molar-refractivity contribution in [3.05, 3.63) is 36.5 Å². The Morgan fingerprint density at radius 3 is 0.728 bits per heavy atom. The van der Waals surface area contributed by atoms with Crippen molar-refractivity contribution in [2.24, 2.45) is 0 Å². The number of esters is 3. The van der Waals surface area contributed by atoms with Crippen LogP contribution in [0.25, 0.3) is 0 Å². The lowest BCUT2D eigenvalue weighted by Crippen LogP contribution is -2.30. The van der Waals surface area contributed by atoms with E-state index in [1.165, 1.54) is 295 Å². The van der Waals surface area contributed by atoms with Gasteiger partial charge in [0.05, 0.1) is 0 Å². The van der Waals surface area contributed by atoms with Crippen LogP contribution in [-0.2, 0) is 28.6 Å². The van der Waals surface area contributed by atoms with E-state index in [1.807, 2.05) is 0 Å². The first kappa shape index (κ1) is 78.6. The lowest BCUT2D eigenvalue weighted by molar-refractivity contribution is -0.167. The van der Waals surface area contributed by atoms with Gasteiger partial charge in [0, 0.05) is 19.3 Å². The Kier molecular flexibility index (Phi) is 68.1. The highest BCUT2D eigenvalue weighted by Crippen LogP contribution is 2.19. The van der Waals surface area contributed by atoms with Gasteiger partial charge >= 0.3 is 17.9 Å². The second-order valence-corrected chi connectivity index (χ2v) is 24.9. The van der Waals surface area contributed by atoms with Crippen molar-refractivity contribution in [3.63, 3.8) is 0 Å². The Morgan fingerprint density at radius 2 is 0.444 bits per heavy atom. The summed E-state index contributed by atoms with van der Waals surface area (Å²) < 4.78 is 17.0. The summed E-state index contributed by atoms with van der Waals surface area (Å²) in [6.07, 6.45) is 87.6. The van der Waals surface area contributed by atoms with Crippen LogP contribution in [0.1, 0.15) is 406 Å². The predicted molar refractivity (Wildman–Crippen MR) is 353 cm³/mol. The lowest BCUT2D eigenvalue weighted by atomic mass is 10.0. The molecule has 476 valence electrons. The van der Waals surface area contributed by atoms with Gasteiger partial charge in [-0.25, -0.2) is 0 Å². The molecule has 0 N–H and O–H groups in total. The molecule has 0 aliphatic rings. The first-order chi connectivity index (χ1) is 40.0. The minimum absolute atomic E-state index is 0.0719. The third kappa shape index (κ3) is 68.3. The van der Waals surface area contributed by atoms with Gasteiger partial charge in [0.2, 0.25) is 0 Å². The Balaban J connectivity index is 4.14. The number of hydrogen-bond acceptors (Lipinski definition) is 6. The molecule has 0 bridgehead atoms. The largest absolute Gasteiger partial charge is 0.462 e. The summed E-state index contributed by atoms with van der Waals surface area (Å²) in [4.78, 5) is 38.4. The second kappa shape index (κ2) is 70.1. The quantitative estimate of drug-likeness (QED) is 0.0261. The molecule has 1 unspecified atom stereocenters. The van der Waals surface area contributed by atoms with Crippen molar-refractivity contribution in [1.29, 1.82) is 0 Å². The maximum Gasteiger partial charge on any atom is 0.306 e. The van der Waals surface area contributed by atoms with E-state index in [0.717, 1.165) is 70.6 Å². The molecule has 81 heavy (non-hydrogen) atoms. The van der Waals surface area contributed by atoms with E-state index in [1.54, 1.807) is 0 Å². The maximum absolute atomic E-state index is 12.9. The molecule has 0 aliphatic carbocycles. The van der Waals surface area contributed by atoms with Crippen LogP contribution in [0.5, 0.6) is 0 Å². The second-order valence-electron chi connectivity index (χ2n) is 24.9. The molecule has 0 amide bonds. The molecule has 0 aromatic carbocycles.